The number of hydrogen-bond acceptors (Lipinski definition) is 6. The molecule has 1 saturated heterocycles. The first-order valence-electron chi connectivity index (χ1n) is 11.2. The van der Waals surface area contributed by atoms with Gasteiger partial charge in [0.25, 0.3) is 5.91 Å². The van der Waals surface area contributed by atoms with Gasteiger partial charge in [-0.25, -0.2) is 8.42 Å². The van der Waals surface area contributed by atoms with E-state index < -0.39 is 10.0 Å². The van der Waals surface area contributed by atoms with E-state index in [0.717, 1.165) is 24.3 Å². The molecule has 182 valence electrons. The molecule has 2 aliphatic rings. The summed E-state index contributed by atoms with van der Waals surface area (Å²) in [6, 6.07) is 12.4. The number of nitrogens with zero attached hydrogens (tertiary/aromatic N) is 3. The van der Waals surface area contributed by atoms with Gasteiger partial charge >= 0.3 is 0 Å². The minimum absolute atomic E-state index is 0.104. The Bertz CT molecular complexity index is 1180. The van der Waals surface area contributed by atoms with Crippen molar-refractivity contribution in [3.8, 4) is 0 Å². The summed E-state index contributed by atoms with van der Waals surface area (Å²) >= 11 is 0. The summed E-state index contributed by atoms with van der Waals surface area (Å²) in [5, 5.41) is 2.83. The molecule has 2 aromatic rings. The normalized spacial score (nSPS) is 17.9. The van der Waals surface area contributed by atoms with Gasteiger partial charge in [-0.3, -0.25) is 13.9 Å². The van der Waals surface area contributed by atoms with Gasteiger partial charge in [-0.2, -0.15) is 0 Å². The van der Waals surface area contributed by atoms with Crippen LogP contribution in [0.1, 0.15) is 22.8 Å². The highest BCUT2D eigenvalue weighted by molar-refractivity contribution is 7.92. The second-order valence-electron chi connectivity index (χ2n) is 8.81. The maximum absolute atomic E-state index is 12.9. The van der Waals surface area contributed by atoms with E-state index in [1.165, 1.54) is 15.5 Å². The van der Waals surface area contributed by atoms with Crippen molar-refractivity contribution in [2.45, 2.75) is 19.4 Å². The Morgan fingerprint density at radius 1 is 1.12 bits per heavy atom. The van der Waals surface area contributed by atoms with Crippen LogP contribution in [0.3, 0.4) is 0 Å². The number of likely N-dealkylation sites (N-methyl/N-ethyl adjacent to an activating group) is 1. The lowest BCUT2D eigenvalue weighted by atomic mass is 10.1. The lowest BCUT2D eigenvalue weighted by molar-refractivity contribution is -0.116. The van der Waals surface area contributed by atoms with Crippen molar-refractivity contribution in [3.63, 3.8) is 0 Å². The zero-order valence-electron chi connectivity index (χ0n) is 19.7. The number of rotatable bonds is 6. The molecule has 9 nitrogen and oxygen atoms in total. The third-order valence-electron chi connectivity index (χ3n) is 6.09. The van der Waals surface area contributed by atoms with Crippen LogP contribution >= 0.6 is 0 Å². The van der Waals surface area contributed by atoms with Crippen LogP contribution in [0.25, 0.3) is 0 Å². The molecule has 34 heavy (non-hydrogen) atoms. The number of benzene rings is 2. The van der Waals surface area contributed by atoms with Gasteiger partial charge in [0, 0.05) is 43.1 Å². The van der Waals surface area contributed by atoms with E-state index in [1.54, 1.807) is 25.2 Å². The Morgan fingerprint density at radius 3 is 2.44 bits per heavy atom. The first-order chi connectivity index (χ1) is 16.1. The Hall–Kier alpha value is -3.11. The third kappa shape index (κ3) is 5.18. The number of sulfonamides is 1. The lowest BCUT2D eigenvalue weighted by Gasteiger charge is -2.28. The second kappa shape index (κ2) is 9.63. The average Bonchev–Trinajstić information content (AvgIpc) is 3.14. The molecule has 1 fully saturated rings. The van der Waals surface area contributed by atoms with Crippen LogP contribution in [0.2, 0.25) is 0 Å². The van der Waals surface area contributed by atoms with Gasteiger partial charge in [0.1, 0.15) is 0 Å². The molecule has 2 heterocycles. The van der Waals surface area contributed by atoms with Crippen molar-refractivity contribution in [2.75, 3.05) is 60.7 Å². The van der Waals surface area contributed by atoms with Crippen LogP contribution in [-0.2, 0) is 26.0 Å². The summed E-state index contributed by atoms with van der Waals surface area (Å²) < 4.78 is 31.0. The number of ether oxygens (including phenoxy) is 1. The van der Waals surface area contributed by atoms with E-state index in [0.29, 0.717) is 36.6 Å². The van der Waals surface area contributed by atoms with Gasteiger partial charge in [0.2, 0.25) is 15.9 Å². The molecule has 10 heteroatoms. The molecule has 0 radical (unpaired) electrons. The fourth-order valence-electron chi connectivity index (χ4n) is 4.53. The van der Waals surface area contributed by atoms with Gasteiger partial charge in [0.05, 0.1) is 31.7 Å². The van der Waals surface area contributed by atoms with Gasteiger partial charge < -0.3 is 19.9 Å². The monoisotopic (exact) mass is 486 g/mol. The van der Waals surface area contributed by atoms with Gasteiger partial charge in [0.15, 0.2) is 0 Å². The van der Waals surface area contributed by atoms with Crippen molar-refractivity contribution >= 4 is 38.9 Å². The number of carbonyl (C=O) groups excluding carboxylic acids is 2. The number of anilines is 3. The summed E-state index contributed by atoms with van der Waals surface area (Å²) in [4.78, 5) is 29.0. The number of hydrogen-bond donors (Lipinski definition) is 1. The molecule has 2 aromatic carbocycles. The van der Waals surface area contributed by atoms with Gasteiger partial charge in [-0.05, 0) is 61.4 Å². The minimum atomic E-state index is -3.39. The van der Waals surface area contributed by atoms with Crippen LogP contribution in [0, 0.1) is 0 Å². The molecule has 1 N–H and O–H groups in total. The second-order valence-corrected chi connectivity index (χ2v) is 10.7. The summed E-state index contributed by atoms with van der Waals surface area (Å²) in [6.45, 7) is 4.83. The first kappa shape index (κ1) is 24.0. The highest BCUT2D eigenvalue weighted by Crippen LogP contribution is 2.34. The zero-order chi connectivity index (χ0) is 24.5. The van der Waals surface area contributed by atoms with E-state index >= 15 is 0 Å². The van der Waals surface area contributed by atoms with E-state index in [-0.39, 0.29) is 24.4 Å². The molecule has 1 atom stereocenters. The van der Waals surface area contributed by atoms with Crippen LogP contribution in [0.15, 0.2) is 42.5 Å². The topological polar surface area (TPSA) is 99.3 Å². The molecule has 0 bridgehead atoms. The Morgan fingerprint density at radius 2 is 1.79 bits per heavy atom. The van der Waals surface area contributed by atoms with E-state index in [4.69, 9.17) is 4.74 Å². The lowest BCUT2D eigenvalue weighted by Crippen LogP contribution is -2.36. The molecule has 0 spiro atoms. The van der Waals surface area contributed by atoms with E-state index in [9.17, 15) is 18.0 Å². The van der Waals surface area contributed by atoms with Crippen molar-refractivity contribution in [1.82, 2.24) is 4.90 Å². The Kier molecular flexibility index (Phi) is 6.81. The molecular weight excluding hydrogens is 456 g/mol. The molecule has 0 aliphatic carbocycles. The molecular formula is C24H30N4O5S. The van der Waals surface area contributed by atoms with Crippen LogP contribution in [0.5, 0.6) is 0 Å². The van der Waals surface area contributed by atoms with E-state index in [1.807, 2.05) is 31.2 Å². The van der Waals surface area contributed by atoms with Crippen LogP contribution in [-0.4, -0.2) is 77.3 Å². The molecule has 0 aromatic heterocycles. The molecule has 4 rings (SSSR count). The highest BCUT2D eigenvalue weighted by Gasteiger charge is 2.33. The molecule has 2 amide bonds. The van der Waals surface area contributed by atoms with Crippen LogP contribution in [0.4, 0.5) is 17.1 Å². The predicted octanol–water partition coefficient (Wildman–Crippen LogP) is 1.94. The van der Waals surface area contributed by atoms with Crippen LogP contribution < -0.4 is 14.5 Å². The summed E-state index contributed by atoms with van der Waals surface area (Å²) in [7, 11) is -1.82. The van der Waals surface area contributed by atoms with Crippen molar-refractivity contribution in [1.29, 1.82) is 0 Å². The number of carbonyl (C=O) groups is 2. The third-order valence-corrected chi connectivity index (χ3v) is 7.36. The number of morpholine rings is 1. The number of fused-ring (bicyclic) bond motifs is 1. The fraction of sp³-hybridized carbons (Fsp3) is 0.417. The SMILES string of the molecule is CC1Cc2cc(C(=O)N(C)CC(=O)Nc3ccc(N4CCOCC4)cc3)ccc2N1S(C)(=O)=O. The largest absolute Gasteiger partial charge is 0.378 e. The summed E-state index contributed by atoms with van der Waals surface area (Å²) in [5.74, 6) is -0.598. The predicted molar refractivity (Wildman–Crippen MR) is 132 cm³/mol. The van der Waals surface area contributed by atoms with E-state index in [2.05, 4.69) is 10.2 Å². The molecule has 0 saturated carbocycles. The average molecular weight is 487 g/mol. The minimum Gasteiger partial charge on any atom is -0.378 e. The van der Waals surface area contributed by atoms with Crippen molar-refractivity contribution < 1.29 is 22.7 Å². The highest BCUT2D eigenvalue weighted by atomic mass is 32.2. The van der Waals surface area contributed by atoms with Crippen molar-refractivity contribution in [3.05, 3.63) is 53.6 Å². The quantitative estimate of drug-likeness (QED) is 0.670. The van der Waals surface area contributed by atoms with Gasteiger partial charge in [-0.15, -0.1) is 0 Å². The first-order valence-corrected chi connectivity index (χ1v) is 13.1. The molecule has 2 aliphatic heterocycles. The Labute approximate surface area is 200 Å². The summed E-state index contributed by atoms with van der Waals surface area (Å²) in [6.07, 6.45) is 1.72. The standard InChI is InChI=1S/C24H30N4O5S/c1-17-14-19-15-18(4-9-22(19)28(17)34(3,31)32)24(30)26(2)16-23(29)25-20-5-7-21(8-6-20)27-10-12-33-13-11-27/h4-9,15,17H,10-14,16H2,1-3H3,(H,25,29). The number of amides is 2. The maximum atomic E-state index is 12.9. The fourth-order valence-corrected chi connectivity index (χ4v) is 5.79. The molecule has 1 unspecified atom stereocenters. The maximum Gasteiger partial charge on any atom is 0.254 e. The smallest absolute Gasteiger partial charge is 0.254 e. The van der Waals surface area contributed by atoms with Gasteiger partial charge in [-0.1, -0.05) is 0 Å². The number of nitrogens with one attached hydrogen (secondary N) is 1. The van der Waals surface area contributed by atoms with Crippen molar-refractivity contribution in [2.24, 2.45) is 0 Å². The zero-order valence-corrected chi connectivity index (χ0v) is 20.5. The summed E-state index contributed by atoms with van der Waals surface area (Å²) in [5.41, 5.74) is 3.57. The Balaban J connectivity index is 1.36.